The number of nitrogens with zero attached hydrogens (tertiary/aromatic N) is 1. The summed E-state index contributed by atoms with van der Waals surface area (Å²) in [5.41, 5.74) is 0. The zero-order chi connectivity index (χ0) is 39.3. The number of hydrogen-bond acceptors (Lipinski definition) is 5. The van der Waals surface area contributed by atoms with Crippen LogP contribution < -0.4 is 0 Å². The van der Waals surface area contributed by atoms with E-state index in [2.05, 4.69) is 56.9 Å². The highest BCUT2D eigenvalue weighted by Gasteiger charge is 2.14. The minimum atomic E-state index is -0.178. The molecule has 1 atom stereocenters. The van der Waals surface area contributed by atoms with Crippen LogP contribution in [0.5, 0.6) is 0 Å². The molecule has 0 radical (unpaired) electrons. The molecule has 0 spiro atoms. The number of rotatable bonds is 45. The van der Waals surface area contributed by atoms with Crippen molar-refractivity contribution in [1.29, 1.82) is 0 Å². The molecular formula is C49H95NO4. The SMILES string of the molecule is CCCCCCCC/C=C\CCCCCCCCOCC(COC(=O)CCCN(CCC)CCC)OCCCCCCCC/C=C\CCCCCCCC. The third-order valence-corrected chi connectivity index (χ3v) is 10.5. The van der Waals surface area contributed by atoms with Crippen LogP contribution in [0.3, 0.4) is 0 Å². The van der Waals surface area contributed by atoms with Gasteiger partial charge in [-0.1, -0.05) is 168 Å². The molecule has 0 aliphatic heterocycles. The van der Waals surface area contributed by atoms with E-state index in [0.717, 1.165) is 58.3 Å². The predicted molar refractivity (Wildman–Crippen MR) is 237 cm³/mol. The molecule has 5 heteroatoms. The Labute approximate surface area is 338 Å². The molecular weight excluding hydrogens is 667 g/mol. The van der Waals surface area contributed by atoms with Crippen molar-refractivity contribution in [1.82, 2.24) is 4.90 Å². The van der Waals surface area contributed by atoms with E-state index in [9.17, 15) is 4.79 Å². The van der Waals surface area contributed by atoms with Crippen molar-refractivity contribution in [2.45, 2.75) is 239 Å². The lowest BCUT2D eigenvalue weighted by Gasteiger charge is -2.21. The number of carbonyl (C=O) groups is 1. The molecule has 0 N–H and O–H groups in total. The van der Waals surface area contributed by atoms with Crippen LogP contribution in [-0.4, -0.2) is 63.0 Å². The Morgan fingerprint density at radius 2 is 0.852 bits per heavy atom. The smallest absolute Gasteiger partial charge is 0.305 e. The van der Waals surface area contributed by atoms with Gasteiger partial charge in [-0.05, 0) is 103 Å². The third kappa shape index (κ3) is 42.0. The fourth-order valence-corrected chi connectivity index (χ4v) is 7.08. The Hall–Kier alpha value is -1.17. The normalized spacial score (nSPS) is 12.5. The van der Waals surface area contributed by atoms with Gasteiger partial charge in [0.25, 0.3) is 0 Å². The van der Waals surface area contributed by atoms with Gasteiger partial charge in [0, 0.05) is 19.6 Å². The van der Waals surface area contributed by atoms with E-state index in [1.165, 1.54) is 167 Å². The lowest BCUT2D eigenvalue weighted by molar-refractivity contribution is -0.150. The van der Waals surface area contributed by atoms with Crippen molar-refractivity contribution in [2.24, 2.45) is 0 Å². The van der Waals surface area contributed by atoms with E-state index in [4.69, 9.17) is 14.2 Å². The van der Waals surface area contributed by atoms with E-state index >= 15 is 0 Å². The molecule has 0 aliphatic rings. The van der Waals surface area contributed by atoms with Gasteiger partial charge in [-0.2, -0.15) is 0 Å². The van der Waals surface area contributed by atoms with E-state index in [1.54, 1.807) is 0 Å². The minimum absolute atomic E-state index is 0.109. The second-order valence-electron chi connectivity index (χ2n) is 16.1. The number of hydrogen-bond donors (Lipinski definition) is 0. The Balaban J connectivity index is 4.15. The Morgan fingerprint density at radius 3 is 1.30 bits per heavy atom. The number of carbonyl (C=O) groups excluding carboxylic acids is 1. The molecule has 5 nitrogen and oxygen atoms in total. The zero-order valence-electron chi connectivity index (χ0n) is 37.0. The molecule has 0 bridgehead atoms. The summed E-state index contributed by atoms with van der Waals surface area (Å²) < 4.78 is 18.0. The second kappa shape index (κ2) is 46.2. The summed E-state index contributed by atoms with van der Waals surface area (Å²) in [7, 11) is 0. The van der Waals surface area contributed by atoms with Crippen LogP contribution in [0, 0.1) is 0 Å². The molecule has 0 amide bonds. The van der Waals surface area contributed by atoms with Crippen molar-refractivity contribution in [2.75, 3.05) is 46.1 Å². The predicted octanol–water partition coefficient (Wildman–Crippen LogP) is 14.9. The summed E-state index contributed by atoms with van der Waals surface area (Å²) in [4.78, 5) is 15.0. The van der Waals surface area contributed by atoms with Crippen molar-refractivity contribution in [3.8, 4) is 0 Å². The molecule has 320 valence electrons. The molecule has 0 fully saturated rings. The Morgan fingerprint density at radius 1 is 0.444 bits per heavy atom. The van der Waals surface area contributed by atoms with Gasteiger partial charge in [-0.15, -0.1) is 0 Å². The van der Waals surface area contributed by atoms with Gasteiger partial charge >= 0.3 is 5.97 Å². The summed E-state index contributed by atoms with van der Waals surface area (Å²) in [6.07, 6.45) is 49.6. The standard InChI is InChI=1S/C49H95NO4/c1-5-9-11-13-15-17-19-21-23-25-27-29-31-33-35-37-44-52-46-48(47-54-49(51)40-39-43-50(41-7-3)42-8-4)53-45-38-36-34-32-30-28-26-24-22-20-18-16-14-12-10-6-2/h21-24,48H,5-20,25-47H2,1-4H3/b23-21-,24-22-. The molecule has 0 saturated heterocycles. The maximum atomic E-state index is 12.6. The largest absolute Gasteiger partial charge is 0.463 e. The molecule has 54 heavy (non-hydrogen) atoms. The summed E-state index contributed by atoms with van der Waals surface area (Å²) in [5, 5.41) is 0. The lowest BCUT2D eigenvalue weighted by atomic mass is 10.1. The molecule has 0 heterocycles. The van der Waals surface area contributed by atoms with Gasteiger partial charge in [-0.25, -0.2) is 0 Å². The van der Waals surface area contributed by atoms with Gasteiger partial charge in [0.2, 0.25) is 0 Å². The summed E-state index contributed by atoms with van der Waals surface area (Å²) in [6, 6.07) is 0. The molecule has 0 aromatic carbocycles. The highest BCUT2D eigenvalue weighted by Crippen LogP contribution is 2.13. The van der Waals surface area contributed by atoms with E-state index in [-0.39, 0.29) is 12.1 Å². The van der Waals surface area contributed by atoms with Crippen LogP contribution in [0.2, 0.25) is 0 Å². The van der Waals surface area contributed by atoms with Crippen molar-refractivity contribution in [3.63, 3.8) is 0 Å². The van der Waals surface area contributed by atoms with E-state index in [1.807, 2.05) is 0 Å². The quantitative estimate of drug-likeness (QED) is 0.0351. The van der Waals surface area contributed by atoms with Gasteiger partial charge in [-0.3, -0.25) is 4.79 Å². The van der Waals surface area contributed by atoms with Crippen molar-refractivity contribution < 1.29 is 19.0 Å². The first-order valence-electron chi connectivity index (χ1n) is 24.0. The van der Waals surface area contributed by atoms with Crippen LogP contribution >= 0.6 is 0 Å². The van der Waals surface area contributed by atoms with Gasteiger partial charge in [0.15, 0.2) is 0 Å². The number of unbranched alkanes of at least 4 members (excludes halogenated alkanes) is 24. The Bertz CT molecular complexity index is 778. The van der Waals surface area contributed by atoms with Gasteiger partial charge in [0.05, 0.1) is 6.61 Å². The molecule has 0 saturated carbocycles. The summed E-state index contributed by atoms with van der Waals surface area (Å²) in [6.45, 7) is 14.4. The van der Waals surface area contributed by atoms with Crippen LogP contribution in [0.4, 0.5) is 0 Å². The zero-order valence-corrected chi connectivity index (χ0v) is 37.0. The third-order valence-electron chi connectivity index (χ3n) is 10.5. The van der Waals surface area contributed by atoms with E-state index < -0.39 is 0 Å². The first kappa shape index (κ1) is 52.8. The molecule has 0 aromatic rings. The average molecular weight is 762 g/mol. The fraction of sp³-hybridized carbons (Fsp3) is 0.898. The Kier molecular flexibility index (Phi) is 45.2. The topological polar surface area (TPSA) is 48.0 Å². The first-order chi connectivity index (χ1) is 26.7. The van der Waals surface area contributed by atoms with Crippen LogP contribution in [-0.2, 0) is 19.0 Å². The number of ether oxygens (including phenoxy) is 3. The van der Waals surface area contributed by atoms with Crippen molar-refractivity contribution >= 4 is 5.97 Å². The molecule has 1 unspecified atom stereocenters. The minimum Gasteiger partial charge on any atom is -0.463 e. The fourth-order valence-electron chi connectivity index (χ4n) is 7.08. The van der Waals surface area contributed by atoms with E-state index in [0.29, 0.717) is 26.2 Å². The summed E-state index contributed by atoms with van der Waals surface area (Å²) >= 11 is 0. The highest BCUT2D eigenvalue weighted by molar-refractivity contribution is 5.69. The molecule has 0 aliphatic carbocycles. The lowest BCUT2D eigenvalue weighted by Crippen LogP contribution is -2.29. The van der Waals surface area contributed by atoms with Crippen LogP contribution in [0.1, 0.15) is 233 Å². The highest BCUT2D eigenvalue weighted by atomic mass is 16.6. The molecule has 0 aromatic heterocycles. The van der Waals surface area contributed by atoms with Crippen LogP contribution in [0.25, 0.3) is 0 Å². The number of esters is 1. The second-order valence-corrected chi connectivity index (χ2v) is 16.1. The maximum Gasteiger partial charge on any atom is 0.305 e. The first-order valence-corrected chi connectivity index (χ1v) is 24.0. The maximum absolute atomic E-state index is 12.6. The molecule has 0 rings (SSSR count). The number of allylic oxidation sites excluding steroid dienone is 4. The van der Waals surface area contributed by atoms with Gasteiger partial charge < -0.3 is 19.1 Å². The summed E-state index contributed by atoms with van der Waals surface area (Å²) in [5.74, 6) is -0.109. The monoisotopic (exact) mass is 762 g/mol. The van der Waals surface area contributed by atoms with Crippen LogP contribution in [0.15, 0.2) is 24.3 Å². The van der Waals surface area contributed by atoms with Crippen molar-refractivity contribution in [3.05, 3.63) is 24.3 Å². The average Bonchev–Trinajstić information content (AvgIpc) is 3.17. The van der Waals surface area contributed by atoms with Gasteiger partial charge in [0.1, 0.15) is 12.7 Å².